The Morgan fingerprint density at radius 3 is 2.25 bits per heavy atom. The van der Waals surface area contributed by atoms with Crippen molar-refractivity contribution >= 4 is 64.4 Å². The van der Waals surface area contributed by atoms with E-state index >= 15 is 4.39 Å². The molecule has 1 aromatic carbocycles. The molecule has 2 aliphatic heterocycles. The molecule has 0 bridgehead atoms. The summed E-state index contributed by atoms with van der Waals surface area (Å²) in [6.45, 7) is 4.85. The Kier molecular flexibility index (Phi) is 16.2. The van der Waals surface area contributed by atoms with Gasteiger partial charge in [0.25, 0.3) is 0 Å². The summed E-state index contributed by atoms with van der Waals surface area (Å²) in [4.78, 5) is 101. The summed E-state index contributed by atoms with van der Waals surface area (Å²) in [5.41, 5.74) is -2.22. The van der Waals surface area contributed by atoms with Gasteiger partial charge in [0.1, 0.15) is 48.0 Å². The summed E-state index contributed by atoms with van der Waals surface area (Å²) in [5.74, 6) is -8.89. The minimum Gasteiger partial charge on any atom is -0.354 e. The number of benzene rings is 1. The number of rotatable bonds is 11. The topological polar surface area (TPSA) is 165 Å². The van der Waals surface area contributed by atoms with Crippen LogP contribution in [0.3, 0.4) is 0 Å². The number of carbonyl (C=O) groups excluding carboxylic acids is 7. The van der Waals surface area contributed by atoms with E-state index in [2.05, 4.69) is 16.0 Å². The summed E-state index contributed by atoms with van der Waals surface area (Å²) < 4.78 is 71.4. The van der Waals surface area contributed by atoms with Crippen molar-refractivity contribution in [3.8, 4) is 0 Å². The summed E-state index contributed by atoms with van der Waals surface area (Å²) >= 11 is 12.8. The molecular weight excluding hydrogens is 878 g/mol. The van der Waals surface area contributed by atoms with Crippen LogP contribution in [0.4, 0.5) is 22.0 Å². The van der Waals surface area contributed by atoms with E-state index in [0.717, 1.165) is 14.7 Å². The zero-order valence-electron chi connectivity index (χ0n) is 36.0. The van der Waals surface area contributed by atoms with Gasteiger partial charge in [0.15, 0.2) is 5.78 Å². The number of fused-ring (bicyclic) bond motifs is 1. The maximum atomic E-state index is 15.0. The molecule has 0 radical (unpaired) electrons. The fraction of sp³-hybridized carbons (Fsp3) is 0.698. The highest BCUT2D eigenvalue weighted by Crippen LogP contribution is 2.61. The average Bonchev–Trinajstić information content (AvgIpc) is 3.83. The van der Waals surface area contributed by atoms with Crippen LogP contribution in [0.15, 0.2) is 18.2 Å². The molecule has 350 valence electrons. The third-order valence-corrected chi connectivity index (χ3v) is 13.6. The Balaban J connectivity index is 1.42. The second kappa shape index (κ2) is 20.4. The molecule has 1 aromatic rings. The number of likely N-dealkylation sites (N-methyl/N-ethyl adjacent to an activating group) is 2. The van der Waals surface area contributed by atoms with Crippen molar-refractivity contribution in [1.82, 2.24) is 30.7 Å². The molecule has 5 rings (SSSR count). The van der Waals surface area contributed by atoms with Crippen molar-refractivity contribution in [3.05, 3.63) is 33.8 Å². The van der Waals surface area contributed by atoms with E-state index in [4.69, 9.17) is 23.2 Å². The molecule has 2 saturated heterocycles. The monoisotopic (exact) mass is 934 g/mol. The third-order valence-electron chi connectivity index (χ3n) is 13.0. The largest absolute Gasteiger partial charge is 0.401 e. The summed E-state index contributed by atoms with van der Waals surface area (Å²) in [5, 5.41) is 8.57. The van der Waals surface area contributed by atoms with Gasteiger partial charge in [-0.15, -0.1) is 0 Å². The molecule has 0 spiro atoms. The minimum absolute atomic E-state index is 0.00545. The number of nitrogens with one attached hydrogen (secondary N) is 3. The van der Waals surface area contributed by atoms with Crippen molar-refractivity contribution in [2.75, 3.05) is 27.2 Å². The lowest BCUT2D eigenvalue weighted by molar-refractivity contribution is -0.194. The van der Waals surface area contributed by atoms with Crippen molar-refractivity contribution in [2.45, 2.75) is 140 Å². The van der Waals surface area contributed by atoms with Crippen LogP contribution in [-0.4, -0.2) is 132 Å². The lowest BCUT2D eigenvalue weighted by atomic mass is 9.82. The molecule has 1 unspecified atom stereocenters. The average molecular weight is 936 g/mol. The summed E-state index contributed by atoms with van der Waals surface area (Å²) in [7, 11) is 2.67. The van der Waals surface area contributed by atoms with Gasteiger partial charge in [-0.2, -0.15) is 13.2 Å². The lowest BCUT2D eigenvalue weighted by Crippen LogP contribution is -2.60. The molecule has 20 heteroatoms. The van der Waals surface area contributed by atoms with E-state index < -0.39 is 133 Å². The van der Waals surface area contributed by atoms with Crippen LogP contribution in [0.5, 0.6) is 0 Å². The second-order valence-corrected chi connectivity index (χ2v) is 18.7. The smallest absolute Gasteiger partial charge is 0.354 e. The molecule has 2 saturated carbocycles. The van der Waals surface area contributed by atoms with E-state index in [-0.39, 0.29) is 69.0 Å². The molecule has 9 atom stereocenters. The molecule has 4 fully saturated rings. The number of amides is 6. The highest BCUT2D eigenvalue weighted by Gasteiger charge is 2.70. The molecule has 63 heavy (non-hydrogen) atoms. The Hall–Kier alpha value is -4.06. The van der Waals surface area contributed by atoms with E-state index in [9.17, 15) is 51.1 Å². The lowest BCUT2D eigenvalue weighted by Gasteiger charge is -2.36. The second-order valence-electron chi connectivity index (χ2n) is 17.9. The molecule has 0 aromatic heterocycles. The molecule has 13 nitrogen and oxygen atoms in total. The van der Waals surface area contributed by atoms with Crippen LogP contribution in [0.25, 0.3) is 0 Å². The number of carbonyl (C=O) groups is 7. The van der Waals surface area contributed by atoms with Gasteiger partial charge in [-0.3, -0.25) is 33.6 Å². The number of hydrogen-bond acceptors (Lipinski definition) is 7. The molecule has 4 aliphatic rings. The van der Waals surface area contributed by atoms with E-state index in [1.807, 2.05) is 13.8 Å². The first kappa shape index (κ1) is 49.9. The zero-order valence-corrected chi connectivity index (χ0v) is 37.6. The quantitative estimate of drug-likeness (QED) is 0.259. The predicted octanol–water partition coefficient (Wildman–Crippen LogP) is 5.13. The Labute approximate surface area is 373 Å². The normalized spacial score (nSPS) is 28.9. The van der Waals surface area contributed by atoms with Gasteiger partial charge in [0, 0.05) is 49.4 Å². The number of alkyl halides is 5. The van der Waals surface area contributed by atoms with Gasteiger partial charge >= 0.3 is 6.18 Å². The molecule has 3 N–H and O–H groups in total. The molecule has 6 amide bonds. The van der Waals surface area contributed by atoms with Gasteiger partial charge in [0.2, 0.25) is 35.4 Å². The van der Waals surface area contributed by atoms with Crippen molar-refractivity contribution in [2.24, 2.45) is 23.2 Å². The predicted molar refractivity (Wildman–Crippen MR) is 223 cm³/mol. The Morgan fingerprint density at radius 2 is 1.63 bits per heavy atom. The van der Waals surface area contributed by atoms with Crippen LogP contribution in [0.1, 0.15) is 90.5 Å². The number of Topliss-reactive ketones (excluding diaryl/α,β-unsaturated/α-hetero) is 1. The van der Waals surface area contributed by atoms with Crippen LogP contribution < -0.4 is 16.0 Å². The van der Waals surface area contributed by atoms with E-state index in [1.54, 1.807) is 13.0 Å². The van der Waals surface area contributed by atoms with Crippen LogP contribution in [0, 0.1) is 23.2 Å². The molecule has 2 aliphatic carbocycles. The van der Waals surface area contributed by atoms with Gasteiger partial charge < -0.3 is 30.7 Å². The molecular formula is C43H57Cl2F5N6O7. The summed E-state index contributed by atoms with van der Waals surface area (Å²) in [6.07, 6.45) is -9.89. The van der Waals surface area contributed by atoms with Crippen LogP contribution in [0.2, 0.25) is 10.0 Å². The summed E-state index contributed by atoms with van der Waals surface area (Å²) in [6, 6.07) is -1.79. The standard InChI is InChI=1S/C43H57Cl2F5N6O7/c1-6-30(52-36(58)28-19-25(46)18-27(28)35(57)42(12-13-42)43(48,49)50)39(61)54(4)32-9-7-8-14-51-37(59)33-20-26(47)21-56(33)41(63)34(17-23-16-24(44)10-11-29(23)45)55(5)40(62)31(15-22(2)3)53-38(32)60/h10-11,16,22,25-28,30-34H,6-9,12-15,17-21H2,1-5H3,(H,51,59)(H,52,58)(H,53,60)/t25-,26+,27?,28+,30-,31-,32-,33+,34-/m0/s1. The number of ketones is 1. The maximum absolute atomic E-state index is 15.0. The first-order chi connectivity index (χ1) is 29.5. The minimum atomic E-state index is -4.85. The van der Waals surface area contributed by atoms with Gasteiger partial charge in [0.05, 0.1) is 12.5 Å². The van der Waals surface area contributed by atoms with Crippen molar-refractivity contribution in [1.29, 1.82) is 0 Å². The van der Waals surface area contributed by atoms with Gasteiger partial charge in [-0.1, -0.05) is 44.0 Å². The number of halogens is 7. The van der Waals surface area contributed by atoms with Crippen molar-refractivity contribution < 1.29 is 55.5 Å². The third kappa shape index (κ3) is 11.3. The number of hydrogen-bond donors (Lipinski definition) is 3. The zero-order chi connectivity index (χ0) is 46.7. The number of nitrogens with zero attached hydrogens (tertiary/aromatic N) is 3. The van der Waals surface area contributed by atoms with Gasteiger partial charge in [-0.25, -0.2) is 8.78 Å². The van der Waals surface area contributed by atoms with Crippen LogP contribution >= 0.6 is 23.2 Å². The fourth-order valence-electron chi connectivity index (χ4n) is 9.14. The Morgan fingerprint density at radius 1 is 0.968 bits per heavy atom. The highest BCUT2D eigenvalue weighted by atomic mass is 35.5. The first-order valence-corrected chi connectivity index (χ1v) is 22.3. The Bertz CT molecular complexity index is 1920. The van der Waals surface area contributed by atoms with E-state index in [0.29, 0.717) is 10.6 Å². The van der Waals surface area contributed by atoms with Gasteiger partial charge in [-0.05, 0) is 87.5 Å². The van der Waals surface area contributed by atoms with Crippen molar-refractivity contribution in [3.63, 3.8) is 0 Å². The van der Waals surface area contributed by atoms with Crippen LogP contribution in [-0.2, 0) is 40.0 Å². The van der Waals surface area contributed by atoms with E-state index in [1.165, 1.54) is 26.2 Å². The fourth-order valence-corrected chi connectivity index (χ4v) is 9.53. The SMILES string of the molecule is CC[C@H](NC(=O)[C@@H]1C[C@@H](F)CC1C(=O)C1(C(F)(F)F)CC1)C(=O)N(C)[C@H]1CCCCNC(=O)[C@H]2C[C@@H](F)CN2C(=O)[C@H](Cc2cc(Cl)ccc2Cl)N(C)C(=O)[C@H](CC(C)C)NC1=O. The first-order valence-electron chi connectivity index (χ1n) is 21.6. The maximum Gasteiger partial charge on any atom is 0.401 e. The highest BCUT2D eigenvalue weighted by molar-refractivity contribution is 6.33. The molecule has 2 heterocycles.